The maximum Gasteiger partial charge on any atom is 0.326 e. The van der Waals surface area contributed by atoms with Crippen LogP contribution in [0.15, 0.2) is 0 Å². The molecule has 0 radical (unpaired) electrons. The third-order valence-electron chi connectivity index (χ3n) is 2.49. The van der Waals surface area contributed by atoms with Gasteiger partial charge in [0, 0.05) is 19.1 Å². The molecule has 1 saturated heterocycles. The summed E-state index contributed by atoms with van der Waals surface area (Å²) >= 11 is 0. The van der Waals surface area contributed by atoms with Crippen molar-refractivity contribution in [2.24, 2.45) is 5.73 Å². The van der Waals surface area contributed by atoms with E-state index in [1.54, 1.807) is 0 Å². The molecule has 0 aromatic heterocycles. The highest BCUT2D eigenvalue weighted by Crippen LogP contribution is 2.07. The zero-order valence-corrected chi connectivity index (χ0v) is 9.13. The fourth-order valence-electron chi connectivity index (χ4n) is 1.59. The van der Waals surface area contributed by atoms with Crippen LogP contribution in [0, 0.1) is 0 Å². The van der Waals surface area contributed by atoms with Crippen LogP contribution in [-0.4, -0.2) is 58.3 Å². The zero-order chi connectivity index (χ0) is 13.0. The van der Waals surface area contributed by atoms with Crippen molar-refractivity contribution >= 4 is 18.0 Å². The SMILES string of the molecule is NC1CCN(C(=O)NC(CC(=O)O)C(=O)O)C1. The molecule has 2 atom stereocenters. The van der Waals surface area contributed by atoms with Gasteiger partial charge in [0.1, 0.15) is 6.04 Å². The molecule has 0 saturated carbocycles. The normalized spacial score (nSPS) is 21.0. The number of aliphatic carboxylic acids is 2. The second kappa shape index (κ2) is 5.48. The number of hydrogen-bond acceptors (Lipinski definition) is 4. The third kappa shape index (κ3) is 3.91. The van der Waals surface area contributed by atoms with E-state index in [0.29, 0.717) is 19.5 Å². The van der Waals surface area contributed by atoms with Gasteiger partial charge in [-0.2, -0.15) is 0 Å². The molecule has 5 N–H and O–H groups in total. The van der Waals surface area contributed by atoms with Gasteiger partial charge in [-0.3, -0.25) is 4.79 Å². The number of amides is 2. The van der Waals surface area contributed by atoms with Gasteiger partial charge in [-0.1, -0.05) is 0 Å². The van der Waals surface area contributed by atoms with Gasteiger partial charge >= 0.3 is 18.0 Å². The standard InChI is InChI=1S/C9H15N3O5/c10-5-1-2-12(4-5)9(17)11-6(8(15)16)3-7(13)14/h5-6H,1-4,10H2,(H,11,17)(H,13,14)(H,15,16). The van der Waals surface area contributed by atoms with Crippen LogP contribution >= 0.6 is 0 Å². The summed E-state index contributed by atoms with van der Waals surface area (Å²) in [5, 5.41) is 19.4. The molecule has 1 fully saturated rings. The fourth-order valence-corrected chi connectivity index (χ4v) is 1.59. The Morgan fingerprint density at radius 2 is 2.06 bits per heavy atom. The van der Waals surface area contributed by atoms with E-state index < -0.39 is 30.4 Å². The Kier molecular flexibility index (Phi) is 4.27. The molecule has 8 nitrogen and oxygen atoms in total. The van der Waals surface area contributed by atoms with E-state index in [1.165, 1.54) is 4.90 Å². The number of carboxylic acids is 2. The quantitative estimate of drug-likeness (QED) is 0.484. The van der Waals surface area contributed by atoms with Crippen LogP contribution in [0.25, 0.3) is 0 Å². The minimum atomic E-state index is -1.42. The van der Waals surface area contributed by atoms with E-state index in [4.69, 9.17) is 15.9 Å². The number of urea groups is 1. The molecule has 0 aliphatic carbocycles. The molecule has 8 heteroatoms. The highest BCUT2D eigenvalue weighted by Gasteiger charge is 2.28. The van der Waals surface area contributed by atoms with Gasteiger partial charge in [-0.25, -0.2) is 9.59 Å². The number of nitrogens with one attached hydrogen (secondary N) is 1. The summed E-state index contributed by atoms with van der Waals surface area (Å²) in [4.78, 5) is 34.1. The van der Waals surface area contributed by atoms with Crippen molar-refractivity contribution in [1.82, 2.24) is 10.2 Å². The van der Waals surface area contributed by atoms with Crippen molar-refractivity contribution in [3.8, 4) is 0 Å². The Hall–Kier alpha value is -1.83. The number of nitrogens with zero attached hydrogens (tertiary/aromatic N) is 1. The highest BCUT2D eigenvalue weighted by atomic mass is 16.4. The van der Waals surface area contributed by atoms with E-state index in [-0.39, 0.29) is 6.04 Å². The first-order valence-corrected chi connectivity index (χ1v) is 5.15. The predicted octanol–water partition coefficient (Wildman–Crippen LogP) is -1.34. The van der Waals surface area contributed by atoms with Gasteiger partial charge in [0.15, 0.2) is 0 Å². The lowest BCUT2D eigenvalue weighted by atomic mass is 10.2. The maximum absolute atomic E-state index is 11.6. The number of likely N-dealkylation sites (tertiary alicyclic amines) is 1. The molecular formula is C9H15N3O5. The van der Waals surface area contributed by atoms with Crippen LogP contribution in [0.2, 0.25) is 0 Å². The summed E-state index contributed by atoms with van der Waals surface area (Å²) in [6.07, 6.45) is 0.00502. The molecule has 2 amide bonds. The average Bonchev–Trinajstić information content (AvgIpc) is 2.63. The Bertz CT molecular complexity index is 333. The molecule has 1 rings (SSSR count). The van der Waals surface area contributed by atoms with Crippen molar-refractivity contribution < 1.29 is 24.6 Å². The first-order chi connectivity index (χ1) is 7.90. The van der Waals surface area contributed by atoms with Gasteiger partial charge in [0.2, 0.25) is 0 Å². The number of carbonyl (C=O) groups is 3. The minimum absolute atomic E-state index is 0.108. The maximum atomic E-state index is 11.6. The molecular weight excluding hydrogens is 230 g/mol. The summed E-state index contributed by atoms with van der Waals surface area (Å²) < 4.78 is 0. The Morgan fingerprint density at radius 1 is 1.41 bits per heavy atom. The number of carbonyl (C=O) groups excluding carboxylic acids is 1. The van der Waals surface area contributed by atoms with Crippen molar-refractivity contribution in [1.29, 1.82) is 0 Å². The lowest BCUT2D eigenvalue weighted by molar-refractivity contribution is -0.145. The zero-order valence-electron chi connectivity index (χ0n) is 9.13. The van der Waals surface area contributed by atoms with E-state index >= 15 is 0 Å². The smallest absolute Gasteiger partial charge is 0.326 e. The first kappa shape index (κ1) is 13.2. The third-order valence-corrected chi connectivity index (χ3v) is 2.49. The molecule has 0 spiro atoms. The van der Waals surface area contributed by atoms with Crippen molar-refractivity contribution in [3.05, 3.63) is 0 Å². The van der Waals surface area contributed by atoms with E-state index in [2.05, 4.69) is 5.32 Å². The molecule has 17 heavy (non-hydrogen) atoms. The van der Waals surface area contributed by atoms with Gasteiger partial charge in [-0.15, -0.1) is 0 Å². The van der Waals surface area contributed by atoms with Crippen LogP contribution < -0.4 is 11.1 Å². The Morgan fingerprint density at radius 3 is 2.47 bits per heavy atom. The van der Waals surface area contributed by atoms with E-state index in [1.807, 2.05) is 0 Å². The van der Waals surface area contributed by atoms with Gasteiger partial charge in [0.25, 0.3) is 0 Å². The fraction of sp³-hybridized carbons (Fsp3) is 0.667. The van der Waals surface area contributed by atoms with Crippen LogP contribution in [0.3, 0.4) is 0 Å². The summed E-state index contributed by atoms with van der Waals surface area (Å²) in [7, 11) is 0. The monoisotopic (exact) mass is 245 g/mol. The second-order valence-electron chi connectivity index (χ2n) is 3.93. The number of hydrogen-bond donors (Lipinski definition) is 4. The summed E-state index contributed by atoms with van der Waals surface area (Å²) in [6, 6.07) is -2.12. The van der Waals surface area contributed by atoms with Crippen LogP contribution in [0.1, 0.15) is 12.8 Å². The molecule has 1 aliphatic heterocycles. The number of rotatable bonds is 4. The van der Waals surface area contributed by atoms with Gasteiger partial charge < -0.3 is 26.2 Å². The van der Waals surface area contributed by atoms with Crippen molar-refractivity contribution in [2.45, 2.75) is 24.9 Å². The second-order valence-corrected chi connectivity index (χ2v) is 3.93. The van der Waals surface area contributed by atoms with Crippen LogP contribution in [0.5, 0.6) is 0 Å². The van der Waals surface area contributed by atoms with Crippen molar-refractivity contribution in [2.75, 3.05) is 13.1 Å². The average molecular weight is 245 g/mol. The van der Waals surface area contributed by atoms with Gasteiger partial charge in [-0.05, 0) is 6.42 Å². The Labute approximate surface area is 97.4 Å². The lowest BCUT2D eigenvalue weighted by Crippen LogP contribution is -2.48. The van der Waals surface area contributed by atoms with E-state index in [9.17, 15) is 14.4 Å². The predicted molar refractivity (Wildman–Crippen MR) is 56.4 cm³/mol. The molecule has 96 valence electrons. The topological polar surface area (TPSA) is 133 Å². The molecule has 1 aliphatic rings. The molecule has 0 bridgehead atoms. The minimum Gasteiger partial charge on any atom is -0.481 e. The molecule has 1 heterocycles. The molecule has 0 aromatic carbocycles. The lowest BCUT2D eigenvalue weighted by Gasteiger charge is -2.19. The summed E-state index contributed by atoms with van der Waals surface area (Å²) in [6.45, 7) is 0.803. The molecule has 0 aromatic rings. The summed E-state index contributed by atoms with van der Waals surface area (Å²) in [5.74, 6) is -2.65. The summed E-state index contributed by atoms with van der Waals surface area (Å²) in [5.41, 5.74) is 5.60. The first-order valence-electron chi connectivity index (χ1n) is 5.15. The van der Waals surface area contributed by atoms with Crippen LogP contribution in [0.4, 0.5) is 4.79 Å². The van der Waals surface area contributed by atoms with Gasteiger partial charge in [0.05, 0.1) is 6.42 Å². The van der Waals surface area contributed by atoms with Crippen LogP contribution in [-0.2, 0) is 9.59 Å². The highest BCUT2D eigenvalue weighted by molar-refractivity contribution is 5.86. The largest absolute Gasteiger partial charge is 0.481 e. The van der Waals surface area contributed by atoms with Crippen molar-refractivity contribution in [3.63, 3.8) is 0 Å². The molecule has 2 unspecified atom stereocenters. The van der Waals surface area contributed by atoms with E-state index in [0.717, 1.165) is 0 Å². The Balaban J connectivity index is 2.52. The number of nitrogens with two attached hydrogens (primary N) is 1. The number of carboxylic acid groups (broad SMARTS) is 2.